The number of carbonyl (C=O) groups excluding carboxylic acids is 1. The van der Waals surface area contributed by atoms with Crippen LogP contribution in [0.5, 0.6) is 0 Å². The van der Waals surface area contributed by atoms with E-state index in [1.807, 2.05) is 37.3 Å². The Kier molecular flexibility index (Phi) is 5.66. The van der Waals surface area contributed by atoms with E-state index < -0.39 is 11.9 Å². The van der Waals surface area contributed by atoms with Gasteiger partial charge in [0.2, 0.25) is 0 Å². The van der Waals surface area contributed by atoms with E-state index >= 15 is 0 Å². The highest BCUT2D eigenvalue weighted by Gasteiger charge is 2.18. The number of amides is 1. The molecular weight excluding hydrogens is 300 g/mol. The Labute approximate surface area is 133 Å². The Hall–Kier alpha value is -2.21. The van der Waals surface area contributed by atoms with E-state index in [1.165, 1.54) is 17.5 Å². The van der Waals surface area contributed by atoms with E-state index in [1.54, 1.807) is 0 Å². The summed E-state index contributed by atoms with van der Waals surface area (Å²) in [5, 5.41) is 12.5. The standard InChI is InChI=1S/C16H18N2O3S/c1-2-6-12(16(20)21)9-17-14(19)13-10-18-15(22-13)11-7-4-3-5-8-11/h3-5,7-8,10,12H,2,6,9H2,1H3,(H,17,19)(H,20,21). The van der Waals surface area contributed by atoms with Gasteiger partial charge in [0.1, 0.15) is 9.88 Å². The average molecular weight is 318 g/mol. The summed E-state index contributed by atoms with van der Waals surface area (Å²) in [6, 6.07) is 9.62. The van der Waals surface area contributed by atoms with Crippen LogP contribution in [0, 0.1) is 5.92 Å². The number of nitrogens with zero attached hydrogens (tertiary/aromatic N) is 1. The van der Waals surface area contributed by atoms with Crippen LogP contribution in [-0.2, 0) is 4.79 Å². The molecule has 0 aliphatic heterocycles. The van der Waals surface area contributed by atoms with Gasteiger partial charge in [-0.15, -0.1) is 11.3 Å². The molecule has 6 heteroatoms. The van der Waals surface area contributed by atoms with Gasteiger partial charge in [0.05, 0.1) is 12.1 Å². The van der Waals surface area contributed by atoms with Crippen molar-refractivity contribution < 1.29 is 14.7 Å². The van der Waals surface area contributed by atoms with Crippen molar-refractivity contribution in [2.24, 2.45) is 5.92 Å². The Morgan fingerprint density at radius 2 is 2.05 bits per heavy atom. The van der Waals surface area contributed by atoms with Gasteiger partial charge in [0.25, 0.3) is 5.91 Å². The third kappa shape index (κ3) is 4.14. The van der Waals surface area contributed by atoms with E-state index in [0.717, 1.165) is 17.0 Å². The number of benzene rings is 1. The van der Waals surface area contributed by atoms with Crippen molar-refractivity contribution in [2.45, 2.75) is 19.8 Å². The van der Waals surface area contributed by atoms with Gasteiger partial charge in [-0.1, -0.05) is 43.7 Å². The van der Waals surface area contributed by atoms with Crippen molar-refractivity contribution in [3.63, 3.8) is 0 Å². The molecule has 1 aromatic carbocycles. The van der Waals surface area contributed by atoms with Crippen molar-refractivity contribution in [2.75, 3.05) is 6.54 Å². The molecule has 0 fully saturated rings. The molecular formula is C16H18N2O3S. The third-order valence-corrected chi connectivity index (χ3v) is 4.29. The maximum absolute atomic E-state index is 12.1. The fourth-order valence-electron chi connectivity index (χ4n) is 2.06. The molecule has 0 spiro atoms. The molecule has 5 nitrogen and oxygen atoms in total. The summed E-state index contributed by atoms with van der Waals surface area (Å²) in [6.07, 6.45) is 2.84. The molecule has 0 aliphatic carbocycles. The van der Waals surface area contributed by atoms with Crippen molar-refractivity contribution in [1.29, 1.82) is 0 Å². The first kappa shape index (κ1) is 16.2. The summed E-state index contributed by atoms with van der Waals surface area (Å²) >= 11 is 1.30. The largest absolute Gasteiger partial charge is 0.481 e. The minimum absolute atomic E-state index is 0.139. The molecule has 22 heavy (non-hydrogen) atoms. The van der Waals surface area contributed by atoms with Gasteiger partial charge in [-0.25, -0.2) is 4.98 Å². The molecule has 1 amide bonds. The molecule has 1 heterocycles. The van der Waals surface area contributed by atoms with Crippen LogP contribution in [0.3, 0.4) is 0 Å². The minimum Gasteiger partial charge on any atom is -0.481 e. The summed E-state index contributed by atoms with van der Waals surface area (Å²) in [6.45, 7) is 2.06. The first-order valence-corrected chi connectivity index (χ1v) is 7.95. The number of rotatable bonds is 7. The fourth-order valence-corrected chi connectivity index (χ4v) is 2.90. The van der Waals surface area contributed by atoms with Gasteiger partial charge in [-0.2, -0.15) is 0 Å². The van der Waals surface area contributed by atoms with E-state index in [-0.39, 0.29) is 12.5 Å². The summed E-state index contributed by atoms with van der Waals surface area (Å²) in [5.74, 6) is -1.70. The molecule has 2 aromatic rings. The maximum atomic E-state index is 12.1. The van der Waals surface area contributed by atoms with Crippen LogP contribution in [0.15, 0.2) is 36.5 Å². The van der Waals surface area contributed by atoms with Gasteiger partial charge in [0, 0.05) is 12.1 Å². The number of hydrogen-bond donors (Lipinski definition) is 2. The molecule has 0 saturated heterocycles. The number of carboxylic acids is 1. The molecule has 0 saturated carbocycles. The zero-order chi connectivity index (χ0) is 15.9. The number of carboxylic acid groups (broad SMARTS) is 1. The summed E-state index contributed by atoms with van der Waals surface area (Å²) < 4.78 is 0. The van der Waals surface area contributed by atoms with E-state index in [9.17, 15) is 9.59 Å². The average Bonchev–Trinajstić information content (AvgIpc) is 3.01. The lowest BCUT2D eigenvalue weighted by Crippen LogP contribution is -2.32. The monoisotopic (exact) mass is 318 g/mol. The Bertz CT molecular complexity index is 640. The van der Waals surface area contributed by atoms with Gasteiger partial charge >= 0.3 is 5.97 Å². The number of carbonyl (C=O) groups is 2. The summed E-state index contributed by atoms with van der Waals surface area (Å²) in [7, 11) is 0. The summed E-state index contributed by atoms with van der Waals surface area (Å²) in [4.78, 5) is 27.9. The molecule has 1 unspecified atom stereocenters. The topological polar surface area (TPSA) is 79.3 Å². The Morgan fingerprint density at radius 1 is 1.32 bits per heavy atom. The Morgan fingerprint density at radius 3 is 2.68 bits per heavy atom. The number of thiazole rings is 1. The predicted octanol–water partition coefficient (Wildman–Crippen LogP) is 3.04. The highest BCUT2D eigenvalue weighted by atomic mass is 32.1. The van der Waals surface area contributed by atoms with Gasteiger partial charge in [-0.05, 0) is 6.42 Å². The highest BCUT2D eigenvalue weighted by Crippen LogP contribution is 2.24. The van der Waals surface area contributed by atoms with E-state index in [2.05, 4.69) is 10.3 Å². The number of aliphatic carboxylic acids is 1. The van der Waals surface area contributed by atoms with Crippen molar-refractivity contribution in [3.05, 3.63) is 41.4 Å². The van der Waals surface area contributed by atoms with Crippen LogP contribution < -0.4 is 5.32 Å². The lowest BCUT2D eigenvalue weighted by atomic mass is 10.0. The van der Waals surface area contributed by atoms with E-state index in [0.29, 0.717) is 11.3 Å². The smallest absolute Gasteiger partial charge is 0.308 e. The lowest BCUT2D eigenvalue weighted by Gasteiger charge is -2.11. The third-order valence-electron chi connectivity index (χ3n) is 3.25. The van der Waals surface area contributed by atoms with Crippen LogP contribution >= 0.6 is 11.3 Å². The van der Waals surface area contributed by atoms with Crippen LogP contribution in [0.2, 0.25) is 0 Å². The first-order chi connectivity index (χ1) is 10.6. The number of hydrogen-bond acceptors (Lipinski definition) is 4. The highest BCUT2D eigenvalue weighted by molar-refractivity contribution is 7.16. The van der Waals surface area contributed by atoms with Crippen molar-refractivity contribution in [1.82, 2.24) is 10.3 Å². The molecule has 1 aromatic heterocycles. The fraction of sp³-hybridized carbons (Fsp3) is 0.312. The molecule has 116 valence electrons. The van der Waals surface area contributed by atoms with Crippen molar-refractivity contribution in [3.8, 4) is 10.6 Å². The first-order valence-electron chi connectivity index (χ1n) is 7.14. The molecule has 0 bridgehead atoms. The quantitative estimate of drug-likeness (QED) is 0.822. The predicted molar refractivity (Wildman–Crippen MR) is 85.9 cm³/mol. The number of aromatic nitrogens is 1. The molecule has 0 radical (unpaired) electrons. The lowest BCUT2D eigenvalue weighted by molar-refractivity contribution is -0.141. The van der Waals surface area contributed by atoms with E-state index in [4.69, 9.17) is 5.11 Å². The van der Waals surface area contributed by atoms with Crippen LogP contribution in [0.1, 0.15) is 29.4 Å². The second-order valence-corrected chi connectivity index (χ2v) is 5.96. The van der Waals surface area contributed by atoms with Crippen LogP contribution in [0.4, 0.5) is 0 Å². The van der Waals surface area contributed by atoms with Gasteiger partial charge in [0.15, 0.2) is 0 Å². The zero-order valence-electron chi connectivity index (χ0n) is 12.3. The van der Waals surface area contributed by atoms with Crippen molar-refractivity contribution >= 4 is 23.2 Å². The number of nitrogens with one attached hydrogen (secondary N) is 1. The normalized spacial score (nSPS) is 11.9. The molecule has 2 rings (SSSR count). The second-order valence-electron chi connectivity index (χ2n) is 4.93. The summed E-state index contributed by atoms with van der Waals surface area (Å²) in [5.41, 5.74) is 0.959. The molecule has 0 aliphatic rings. The van der Waals surface area contributed by atoms with Crippen LogP contribution in [0.25, 0.3) is 10.6 Å². The maximum Gasteiger partial charge on any atom is 0.308 e. The van der Waals surface area contributed by atoms with Gasteiger partial charge < -0.3 is 10.4 Å². The molecule has 1 atom stereocenters. The minimum atomic E-state index is -0.878. The SMILES string of the molecule is CCCC(CNC(=O)c1cnc(-c2ccccc2)s1)C(=O)O. The van der Waals surface area contributed by atoms with Crippen LogP contribution in [-0.4, -0.2) is 28.5 Å². The van der Waals surface area contributed by atoms with Gasteiger partial charge in [-0.3, -0.25) is 9.59 Å². The zero-order valence-corrected chi connectivity index (χ0v) is 13.1. The second kappa shape index (κ2) is 7.70. The Balaban J connectivity index is 1.99. The molecule has 2 N–H and O–H groups in total.